The van der Waals surface area contributed by atoms with Gasteiger partial charge in [0.15, 0.2) is 0 Å². The average Bonchev–Trinajstić information content (AvgIpc) is 2.17. The molecule has 0 aromatic rings. The first-order chi connectivity index (χ1) is 7.20. The zero-order valence-electron chi connectivity index (χ0n) is 9.19. The third kappa shape index (κ3) is 2.32. The SMILES string of the molecule is COC1CN(C2CCC(C(=O)O)CC2)C1. The minimum atomic E-state index is -0.619. The molecule has 0 aromatic carbocycles. The van der Waals surface area contributed by atoms with Gasteiger partial charge >= 0.3 is 5.97 Å². The fourth-order valence-electron chi connectivity index (χ4n) is 2.60. The molecule has 1 aliphatic heterocycles. The predicted octanol–water partition coefficient (Wildman–Crippen LogP) is 0.960. The van der Waals surface area contributed by atoms with Gasteiger partial charge < -0.3 is 9.84 Å². The Morgan fingerprint density at radius 2 is 1.87 bits per heavy atom. The summed E-state index contributed by atoms with van der Waals surface area (Å²) in [5.74, 6) is -0.715. The molecule has 2 rings (SSSR count). The molecule has 4 nitrogen and oxygen atoms in total. The highest BCUT2D eigenvalue weighted by molar-refractivity contribution is 5.70. The van der Waals surface area contributed by atoms with Gasteiger partial charge in [-0.15, -0.1) is 0 Å². The number of aliphatic carboxylic acids is 1. The molecule has 0 amide bonds. The molecule has 1 saturated heterocycles. The Kier molecular flexibility index (Phi) is 3.26. The quantitative estimate of drug-likeness (QED) is 0.758. The van der Waals surface area contributed by atoms with E-state index in [-0.39, 0.29) is 5.92 Å². The summed E-state index contributed by atoms with van der Waals surface area (Å²) in [6.45, 7) is 2.05. The maximum atomic E-state index is 10.8. The summed E-state index contributed by atoms with van der Waals surface area (Å²) >= 11 is 0. The van der Waals surface area contributed by atoms with E-state index in [0.29, 0.717) is 12.1 Å². The van der Waals surface area contributed by atoms with E-state index in [1.165, 1.54) is 0 Å². The third-order valence-corrected chi connectivity index (χ3v) is 3.77. The van der Waals surface area contributed by atoms with E-state index in [4.69, 9.17) is 9.84 Å². The Morgan fingerprint density at radius 3 is 2.33 bits per heavy atom. The summed E-state index contributed by atoms with van der Waals surface area (Å²) in [5.41, 5.74) is 0. The van der Waals surface area contributed by atoms with Gasteiger partial charge in [0.25, 0.3) is 0 Å². The van der Waals surface area contributed by atoms with Crippen molar-refractivity contribution >= 4 is 5.97 Å². The lowest BCUT2D eigenvalue weighted by Crippen LogP contribution is -2.56. The molecule has 86 valence electrons. The highest BCUT2D eigenvalue weighted by Crippen LogP contribution is 2.30. The van der Waals surface area contributed by atoms with Crippen LogP contribution in [-0.4, -0.2) is 48.3 Å². The number of ether oxygens (including phenoxy) is 1. The van der Waals surface area contributed by atoms with E-state index in [0.717, 1.165) is 38.8 Å². The maximum Gasteiger partial charge on any atom is 0.306 e. The molecule has 4 heteroatoms. The van der Waals surface area contributed by atoms with Crippen molar-refractivity contribution in [3.63, 3.8) is 0 Å². The van der Waals surface area contributed by atoms with Crippen LogP contribution < -0.4 is 0 Å². The van der Waals surface area contributed by atoms with E-state index in [1.54, 1.807) is 7.11 Å². The third-order valence-electron chi connectivity index (χ3n) is 3.77. The van der Waals surface area contributed by atoms with Crippen molar-refractivity contribution in [1.82, 2.24) is 4.90 Å². The van der Waals surface area contributed by atoms with Crippen molar-refractivity contribution in [2.75, 3.05) is 20.2 Å². The normalized spacial score (nSPS) is 33.7. The second-order valence-electron chi connectivity index (χ2n) is 4.66. The summed E-state index contributed by atoms with van der Waals surface area (Å²) in [4.78, 5) is 13.2. The van der Waals surface area contributed by atoms with Crippen LogP contribution in [0.1, 0.15) is 25.7 Å². The molecule has 0 unspecified atom stereocenters. The van der Waals surface area contributed by atoms with Gasteiger partial charge in [0.2, 0.25) is 0 Å². The topological polar surface area (TPSA) is 49.8 Å². The second kappa shape index (κ2) is 4.49. The predicted molar refractivity (Wildman–Crippen MR) is 55.8 cm³/mol. The first kappa shape index (κ1) is 10.9. The molecule has 15 heavy (non-hydrogen) atoms. The molecule has 0 aromatic heterocycles. The van der Waals surface area contributed by atoms with Crippen LogP contribution in [0.5, 0.6) is 0 Å². The number of nitrogens with zero attached hydrogens (tertiary/aromatic N) is 1. The lowest BCUT2D eigenvalue weighted by molar-refractivity contribution is -0.143. The first-order valence-electron chi connectivity index (χ1n) is 5.70. The highest BCUT2D eigenvalue weighted by atomic mass is 16.5. The molecule has 1 aliphatic carbocycles. The zero-order chi connectivity index (χ0) is 10.8. The molecule has 1 N–H and O–H groups in total. The van der Waals surface area contributed by atoms with Gasteiger partial charge in [-0.1, -0.05) is 0 Å². The van der Waals surface area contributed by atoms with Gasteiger partial charge in [-0.05, 0) is 25.7 Å². The first-order valence-corrected chi connectivity index (χ1v) is 5.70. The van der Waals surface area contributed by atoms with Crippen molar-refractivity contribution in [1.29, 1.82) is 0 Å². The monoisotopic (exact) mass is 213 g/mol. The fraction of sp³-hybridized carbons (Fsp3) is 0.909. The van der Waals surface area contributed by atoms with Crippen molar-refractivity contribution in [2.45, 2.75) is 37.8 Å². The van der Waals surface area contributed by atoms with Crippen LogP contribution in [0.4, 0.5) is 0 Å². The Bertz CT molecular complexity index is 230. The van der Waals surface area contributed by atoms with Crippen LogP contribution in [0, 0.1) is 5.92 Å². The summed E-state index contributed by atoms with van der Waals surface area (Å²) in [6, 6.07) is 0.604. The number of carbonyl (C=O) groups is 1. The number of hydrogen-bond donors (Lipinski definition) is 1. The summed E-state index contributed by atoms with van der Waals surface area (Å²) in [7, 11) is 1.75. The Labute approximate surface area is 90.2 Å². The maximum absolute atomic E-state index is 10.8. The molecule has 0 bridgehead atoms. The minimum absolute atomic E-state index is 0.0965. The summed E-state index contributed by atoms with van der Waals surface area (Å²) in [6.07, 6.45) is 4.16. The zero-order valence-corrected chi connectivity index (χ0v) is 9.19. The summed E-state index contributed by atoms with van der Waals surface area (Å²) < 4.78 is 5.23. The Hall–Kier alpha value is -0.610. The number of likely N-dealkylation sites (tertiary alicyclic amines) is 1. The molecule has 1 heterocycles. The molecule has 0 atom stereocenters. The van der Waals surface area contributed by atoms with Gasteiger partial charge in [0.1, 0.15) is 0 Å². The van der Waals surface area contributed by atoms with Crippen LogP contribution in [0.15, 0.2) is 0 Å². The lowest BCUT2D eigenvalue weighted by atomic mass is 9.84. The molecule has 1 saturated carbocycles. The standard InChI is InChI=1S/C11H19NO3/c1-15-10-6-12(7-10)9-4-2-8(3-5-9)11(13)14/h8-10H,2-7H2,1H3,(H,13,14). The van der Waals surface area contributed by atoms with Crippen LogP contribution in [-0.2, 0) is 9.53 Å². The van der Waals surface area contributed by atoms with Crippen molar-refractivity contribution in [3.8, 4) is 0 Å². The molecule has 0 radical (unpaired) electrons. The van der Waals surface area contributed by atoms with E-state index >= 15 is 0 Å². The van der Waals surface area contributed by atoms with E-state index in [9.17, 15) is 4.79 Å². The molecule has 2 fully saturated rings. The van der Waals surface area contributed by atoms with E-state index in [2.05, 4.69) is 4.90 Å². The van der Waals surface area contributed by atoms with Gasteiger partial charge in [-0.25, -0.2) is 0 Å². The largest absolute Gasteiger partial charge is 0.481 e. The number of methoxy groups -OCH3 is 1. The van der Waals surface area contributed by atoms with E-state index < -0.39 is 5.97 Å². The molecule has 2 aliphatic rings. The van der Waals surface area contributed by atoms with Gasteiger partial charge in [-0.3, -0.25) is 9.69 Å². The molecular formula is C11H19NO3. The number of hydrogen-bond acceptors (Lipinski definition) is 3. The number of carboxylic acids is 1. The van der Waals surface area contributed by atoms with Crippen molar-refractivity contribution < 1.29 is 14.6 Å². The molecule has 0 spiro atoms. The van der Waals surface area contributed by atoms with Crippen LogP contribution in [0.2, 0.25) is 0 Å². The van der Waals surface area contributed by atoms with Gasteiger partial charge in [-0.2, -0.15) is 0 Å². The van der Waals surface area contributed by atoms with Crippen molar-refractivity contribution in [3.05, 3.63) is 0 Å². The van der Waals surface area contributed by atoms with Crippen LogP contribution in [0.3, 0.4) is 0 Å². The fourth-order valence-corrected chi connectivity index (χ4v) is 2.60. The average molecular weight is 213 g/mol. The Balaban J connectivity index is 1.73. The Morgan fingerprint density at radius 1 is 1.27 bits per heavy atom. The van der Waals surface area contributed by atoms with Gasteiger partial charge in [0, 0.05) is 26.2 Å². The van der Waals surface area contributed by atoms with Crippen LogP contribution in [0.25, 0.3) is 0 Å². The van der Waals surface area contributed by atoms with E-state index in [1.807, 2.05) is 0 Å². The second-order valence-corrected chi connectivity index (χ2v) is 4.66. The van der Waals surface area contributed by atoms with Gasteiger partial charge in [0.05, 0.1) is 12.0 Å². The minimum Gasteiger partial charge on any atom is -0.481 e. The van der Waals surface area contributed by atoms with Crippen LogP contribution >= 0.6 is 0 Å². The number of carboxylic acid groups (broad SMARTS) is 1. The smallest absolute Gasteiger partial charge is 0.306 e. The number of rotatable bonds is 3. The van der Waals surface area contributed by atoms with Crippen molar-refractivity contribution in [2.24, 2.45) is 5.92 Å². The lowest BCUT2D eigenvalue weighted by Gasteiger charge is -2.45. The highest BCUT2D eigenvalue weighted by Gasteiger charge is 2.35. The molecular weight excluding hydrogens is 194 g/mol. The summed E-state index contributed by atoms with van der Waals surface area (Å²) in [5, 5.41) is 8.88.